The molecule has 6 fully saturated rings. The fraction of sp³-hybridized carbons (Fsp3) is 0.616. The number of benzene rings is 6. The number of likely N-dealkylation sites (N-methyl/N-ethyl adjacent to an activating group) is 4. The summed E-state index contributed by atoms with van der Waals surface area (Å²) >= 11 is 3.38. The van der Waals surface area contributed by atoms with E-state index >= 15 is 0 Å². The number of morpholine rings is 2. The summed E-state index contributed by atoms with van der Waals surface area (Å²) in [7, 11) is 29.0. The molecule has 0 atom stereocenters. The SMILES string of the molecule is C.C1CCNC1.C1CCNCC1.CCCCCN1CCN(C)CC1.CCCCCN1CCOCC1.CCCCCn1ccnc1.CN1CCN(CCN)CC1.CNC.CNC(=O)c1ccccc1.CNCC(C)(C)O.CNCCN1CCOCC1.CNCc1ccc(Br)cc1.CNCc1ccc(F)cc1.CNCc1ccc(N(C)C)cc1.CNCc1ccc(OC)cc1.CNCc1ccccc1.c1c[nH]cn1. The molecule has 6 aromatic carbocycles. The number of hydrogen-bond donors (Lipinski definition) is 14. The molecule has 28 nitrogen and oxygen atoms in total. The van der Waals surface area contributed by atoms with Crippen LogP contribution in [0.2, 0.25) is 0 Å². The Morgan fingerprint density at radius 2 is 0.873 bits per heavy atom. The number of piperidine rings is 1. The highest BCUT2D eigenvalue weighted by molar-refractivity contribution is 9.10. The van der Waals surface area contributed by atoms with Crippen LogP contribution in [0, 0.1) is 5.82 Å². The Bertz CT molecular complexity index is 3700. The number of aryl methyl sites for hydroxylation is 1. The average molecular weight is 2050 g/mol. The topological polar surface area (TPSA) is 293 Å². The molecule has 0 bridgehead atoms. The molecule has 0 saturated carbocycles. The zero-order valence-electron chi connectivity index (χ0n) is 91.6. The normalized spacial score (nSPS) is 14.3. The number of nitrogens with zero attached hydrogens (tertiary/aromatic N) is 10. The molecule has 812 valence electrons. The van der Waals surface area contributed by atoms with Gasteiger partial charge in [0.05, 0.1) is 51.8 Å². The van der Waals surface area contributed by atoms with Gasteiger partial charge >= 0.3 is 0 Å². The van der Waals surface area contributed by atoms with Crippen molar-refractivity contribution in [3.8, 4) is 5.75 Å². The second-order valence-electron chi connectivity index (χ2n) is 35.6. The van der Waals surface area contributed by atoms with Crippen molar-refractivity contribution in [1.29, 1.82) is 0 Å². The van der Waals surface area contributed by atoms with Gasteiger partial charge in [0.15, 0.2) is 0 Å². The third-order valence-corrected chi connectivity index (χ3v) is 22.4. The predicted octanol–water partition coefficient (Wildman–Crippen LogP) is 14.8. The lowest BCUT2D eigenvalue weighted by atomic mass is 10.1. The van der Waals surface area contributed by atoms with Gasteiger partial charge in [-0.15, -0.1) is 0 Å². The monoisotopic (exact) mass is 2050 g/mol. The zero-order valence-corrected chi connectivity index (χ0v) is 93.2. The fourth-order valence-corrected chi connectivity index (χ4v) is 13.9. The van der Waals surface area contributed by atoms with Crippen molar-refractivity contribution in [1.82, 2.24) is 107 Å². The molecule has 0 aliphatic carbocycles. The quantitative estimate of drug-likeness (QED) is 0.0174. The Morgan fingerprint density at radius 3 is 1.20 bits per heavy atom. The number of halogens is 2. The molecule has 2 aromatic heterocycles. The van der Waals surface area contributed by atoms with Crippen LogP contribution in [0.25, 0.3) is 0 Å². The number of rotatable bonds is 32. The molecule has 1 amide bonds. The third kappa shape index (κ3) is 88.9. The van der Waals surface area contributed by atoms with Crippen molar-refractivity contribution in [2.75, 3.05) is 288 Å². The van der Waals surface area contributed by atoms with E-state index in [-0.39, 0.29) is 19.2 Å². The van der Waals surface area contributed by atoms with Crippen LogP contribution >= 0.6 is 15.9 Å². The number of imidazole rings is 2. The van der Waals surface area contributed by atoms with E-state index in [1.54, 1.807) is 71.0 Å². The number of ether oxygens (including phenoxy) is 3. The number of anilines is 1. The van der Waals surface area contributed by atoms with Gasteiger partial charge in [-0.3, -0.25) is 19.5 Å². The summed E-state index contributed by atoms with van der Waals surface area (Å²) in [6, 6.07) is 50.8. The van der Waals surface area contributed by atoms with Crippen LogP contribution < -0.4 is 73.9 Å². The Morgan fingerprint density at radius 1 is 0.486 bits per heavy atom. The lowest BCUT2D eigenvalue weighted by Crippen LogP contribution is -2.45. The molecule has 15 N–H and O–H groups in total. The summed E-state index contributed by atoms with van der Waals surface area (Å²) in [5, 5.41) is 42.1. The van der Waals surface area contributed by atoms with Gasteiger partial charge in [-0.2, -0.15) is 0 Å². The number of aromatic nitrogens is 4. The molecule has 142 heavy (non-hydrogen) atoms. The van der Waals surface area contributed by atoms with Crippen LogP contribution in [0.4, 0.5) is 10.1 Å². The van der Waals surface area contributed by atoms with Crippen molar-refractivity contribution in [2.45, 2.75) is 177 Å². The number of nitrogens with two attached hydrogens (primary N) is 1. The van der Waals surface area contributed by atoms with Crippen molar-refractivity contribution in [3.63, 3.8) is 0 Å². The van der Waals surface area contributed by atoms with Crippen molar-refractivity contribution < 1.29 is 28.5 Å². The fourth-order valence-electron chi connectivity index (χ4n) is 13.7. The highest BCUT2D eigenvalue weighted by Gasteiger charge is 2.15. The van der Waals surface area contributed by atoms with E-state index < -0.39 is 5.60 Å². The second kappa shape index (κ2) is 102. The minimum absolute atomic E-state index is 0. The highest BCUT2D eigenvalue weighted by Crippen LogP contribution is 2.15. The molecule has 0 unspecified atom stereocenters. The smallest absolute Gasteiger partial charge is 0.251 e. The number of H-pyrrole nitrogens is 1. The first-order valence-electron chi connectivity index (χ1n) is 51.9. The molecule has 0 radical (unpaired) electrons. The van der Waals surface area contributed by atoms with Crippen LogP contribution in [0.1, 0.15) is 170 Å². The molecule has 30 heteroatoms. The van der Waals surface area contributed by atoms with E-state index in [1.807, 2.05) is 157 Å². The summed E-state index contributed by atoms with van der Waals surface area (Å²) in [5.74, 6) is 0.685. The molecular weight excluding hydrogens is 1850 g/mol. The Kier molecular flexibility index (Phi) is 99.6. The van der Waals surface area contributed by atoms with Crippen LogP contribution in [0.3, 0.4) is 0 Å². The lowest BCUT2D eigenvalue weighted by Gasteiger charge is -2.32. The molecule has 6 saturated heterocycles. The highest BCUT2D eigenvalue weighted by atomic mass is 79.9. The summed E-state index contributed by atoms with van der Waals surface area (Å²) < 4.78 is 31.1. The first kappa shape index (κ1) is 139. The van der Waals surface area contributed by atoms with E-state index in [2.05, 4.69) is 224 Å². The number of aromatic amines is 1. The molecule has 6 aliphatic heterocycles. The van der Waals surface area contributed by atoms with Gasteiger partial charge in [-0.25, -0.2) is 14.4 Å². The number of amides is 1. The van der Waals surface area contributed by atoms with Gasteiger partial charge in [0.25, 0.3) is 5.91 Å². The summed E-state index contributed by atoms with van der Waals surface area (Å²) in [6.07, 6.45) is 29.8. The predicted molar refractivity (Wildman–Crippen MR) is 610 cm³/mol. The van der Waals surface area contributed by atoms with Crippen molar-refractivity contribution in [3.05, 3.63) is 239 Å². The van der Waals surface area contributed by atoms with Gasteiger partial charge in [-0.05, 0) is 264 Å². The van der Waals surface area contributed by atoms with Crippen LogP contribution in [-0.4, -0.2) is 348 Å². The molecular formula is C112H205BrFN23O5. The van der Waals surface area contributed by atoms with E-state index in [0.717, 1.165) is 134 Å². The maximum absolute atomic E-state index is 12.3. The van der Waals surface area contributed by atoms with E-state index in [1.165, 1.54) is 222 Å². The number of nitrogens with one attached hydrogen (secondary N) is 12. The largest absolute Gasteiger partial charge is 0.497 e. The van der Waals surface area contributed by atoms with Gasteiger partial charge in [0, 0.05) is 212 Å². The van der Waals surface area contributed by atoms with Gasteiger partial charge in [0.1, 0.15) is 11.6 Å². The minimum atomic E-state index is -0.561. The minimum Gasteiger partial charge on any atom is -0.497 e. The number of methoxy groups -OCH3 is 1. The average Bonchev–Trinajstić information content (AvgIpc) is 1.27. The summed E-state index contributed by atoms with van der Waals surface area (Å²) in [5.41, 5.74) is 13.2. The van der Waals surface area contributed by atoms with E-state index in [4.69, 9.17) is 25.1 Å². The maximum Gasteiger partial charge on any atom is 0.251 e. The summed E-state index contributed by atoms with van der Waals surface area (Å²) in [6.45, 7) is 46.3. The summed E-state index contributed by atoms with van der Waals surface area (Å²) in [4.78, 5) is 38.1. The Hall–Kier alpha value is -7.58. The first-order valence-corrected chi connectivity index (χ1v) is 52.7. The van der Waals surface area contributed by atoms with Gasteiger partial charge in [0.2, 0.25) is 0 Å². The maximum atomic E-state index is 12.3. The van der Waals surface area contributed by atoms with Crippen LogP contribution in [-0.2, 0) is 48.7 Å². The zero-order chi connectivity index (χ0) is 104. The third-order valence-electron chi connectivity index (χ3n) is 21.9. The number of aliphatic hydroxyl groups is 1. The molecule has 8 aromatic rings. The molecule has 0 spiro atoms. The standard InChI is InChI=1S/C10H16N2.C10H22N2.C9H13NO.C9H19NO.C8H10BrN.C8H10FN.C8H14N2.C8H9NO.C8H11N.C7H17N3.C7H16N2O.C5H13NO.C5H11N.C4H9N.C3H4N2.C2H7N.CH4/c1-11-8-9-4-6-10(7-5-9)12(2)3;1-3-4-5-6-12-9-7-11(2)8-10-12;1-10-7-8-3-5-9(11-2)6-4-8;1-2-3-4-5-10-6-8-11-9-7-10;2*1-10-6-7-2-4-8(9)5-3-7;1-2-3-4-6-10-7-5-9-8-10;1-9-8(10)7-5-3-2-4-6-7;1-9-7-8-5-3-2-4-6-8;1-9-4-6-10(3-2-8)7-5-9;1-8-2-3-9-4-6-10-7-5-9;1-5(2,7)4-6-3;1-2-4-6-5-3-1;1-2-4-5-3-1;1-2-5-3-4-1;1-3-2;/h4-7,11H,8H2,1-3H3;3-10H2,1-2H3;3-6,10H,7H2,1-2H3;2-9H2,1H3;2*2-5,10H,6H2,1H3;5,7-8H,2-4,6H2,1H3;2-6H,1H3,(H,9,10);2-6,9H,7H2,1H3;2-8H2,1H3;8H,2-7H2,1H3;6-7H,4H2,1-3H3;6H,1-5H2;5H,1-4H2;1-3H,(H,4,5);3H,1-2H3;1H4. The number of piperazine rings is 2. The second-order valence-corrected chi connectivity index (χ2v) is 36.5. The van der Waals surface area contributed by atoms with Gasteiger partial charge < -0.3 is 113 Å². The Labute approximate surface area is 873 Å². The lowest BCUT2D eigenvalue weighted by molar-refractivity contribution is 0.0372. The number of unbranched alkanes of at least 4 members (excludes halogenated alkanes) is 6. The number of hydrogen-bond acceptors (Lipinski definition) is 25. The Balaban J connectivity index is -0.00000146. The molecule has 6 aliphatic rings. The van der Waals surface area contributed by atoms with Gasteiger partial charge in [-0.1, -0.05) is 186 Å². The molecule has 14 rings (SSSR count). The first-order chi connectivity index (χ1) is 68.4. The number of carbonyl (C=O) groups is 1. The van der Waals surface area contributed by atoms with Crippen LogP contribution in [0.15, 0.2) is 200 Å². The number of carbonyl (C=O) groups excluding carboxylic acids is 1. The van der Waals surface area contributed by atoms with Crippen LogP contribution in [0.5, 0.6) is 5.75 Å². The molecule has 8 heterocycles. The van der Waals surface area contributed by atoms with E-state index in [9.17, 15) is 9.18 Å². The van der Waals surface area contributed by atoms with Crippen molar-refractivity contribution >= 4 is 27.5 Å². The van der Waals surface area contributed by atoms with Crippen molar-refractivity contribution in [2.24, 2.45) is 5.73 Å². The van der Waals surface area contributed by atoms with E-state index in [0.29, 0.717) is 12.1 Å².